The Hall–Kier alpha value is -1.03. The lowest BCUT2D eigenvalue weighted by Crippen LogP contribution is -2.52. The Labute approximate surface area is 105 Å². The van der Waals surface area contributed by atoms with Crippen molar-refractivity contribution < 1.29 is 48.3 Å². The van der Waals surface area contributed by atoms with Gasteiger partial charge < -0.3 is 0 Å². The Morgan fingerprint density at radius 1 is 0.650 bits per heavy atom. The maximum atomic E-state index is 13.0. The fourth-order valence-electron chi connectivity index (χ4n) is 0.929. The minimum Gasteiger partial charge on any atom is -0.230 e. The van der Waals surface area contributed by atoms with Crippen LogP contribution in [0.1, 0.15) is 13.3 Å². The van der Waals surface area contributed by atoms with Gasteiger partial charge in [-0.2, -0.15) is 39.5 Å². The zero-order chi connectivity index (χ0) is 16.6. The van der Waals surface area contributed by atoms with Crippen molar-refractivity contribution in [2.75, 3.05) is 0 Å². The lowest BCUT2D eigenvalue weighted by molar-refractivity contribution is -0.340. The third kappa shape index (κ3) is 3.75. The predicted octanol–water partition coefficient (Wildman–Crippen LogP) is 5.06. The van der Waals surface area contributed by atoms with Crippen LogP contribution in [0.15, 0.2) is 12.2 Å². The van der Waals surface area contributed by atoms with Crippen LogP contribution in [0, 0.1) is 0 Å². The summed E-state index contributed by atoms with van der Waals surface area (Å²) in [7, 11) is 0. The molecule has 0 spiro atoms. The highest BCUT2D eigenvalue weighted by Gasteiger charge is 2.71. The molecule has 0 nitrogen and oxygen atoms in total. The molecule has 0 heterocycles. The first kappa shape index (κ1) is 19.0. The van der Waals surface area contributed by atoms with Crippen LogP contribution >= 0.6 is 0 Å². The molecular formula is C9H7F11. The molecule has 0 amide bonds. The SMILES string of the molecule is CC(F)(/C=C/CC(F)(C(F)(F)F)C(F)(F)F)C(F)(F)F. The van der Waals surface area contributed by atoms with Crippen LogP contribution in [0.2, 0.25) is 0 Å². The second-order valence-electron chi connectivity index (χ2n) is 3.98. The molecule has 0 aliphatic carbocycles. The molecule has 11 heteroatoms. The van der Waals surface area contributed by atoms with E-state index in [1.165, 1.54) is 0 Å². The van der Waals surface area contributed by atoms with E-state index in [9.17, 15) is 48.3 Å². The van der Waals surface area contributed by atoms with E-state index < -0.39 is 48.4 Å². The Kier molecular flexibility index (Phi) is 4.80. The maximum absolute atomic E-state index is 13.0. The normalized spacial score (nSPS) is 18.4. The lowest BCUT2D eigenvalue weighted by atomic mass is 9.98. The molecule has 0 saturated carbocycles. The average Bonchev–Trinajstić information content (AvgIpc) is 2.11. The van der Waals surface area contributed by atoms with E-state index in [0.717, 1.165) is 0 Å². The van der Waals surface area contributed by atoms with E-state index in [2.05, 4.69) is 0 Å². The zero-order valence-electron chi connectivity index (χ0n) is 9.52. The molecule has 0 bridgehead atoms. The zero-order valence-corrected chi connectivity index (χ0v) is 9.52. The van der Waals surface area contributed by atoms with Crippen molar-refractivity contribution in [1.82, 2.24) is 0 Å². The first-order valence-corrected chi connectivity index (χ1v) is 4.71. The van der Waals surface area contributed by atoms with Gasteiger partial charge in [0.2, 0.25) is 5.67 Å². The Morgan fingerprint density at radius 2 is 1.00 bits per heavy atom. The second kappa shape index (κ2) is 5.06. The van der Waals surface area contributed by atoms with Gasteiger partial charge in [0.1, 0.15) is 0 Å². The Bertz CT molecular complexity index is 340. The predicted molar refractivity (Wildman–Crippen MR) is 45.3 cm³/mol. The fraction of sp³-hybridized carbons (Fsp3) is 0.778. The van der Waals surface area contributed by atoms with Crippen LogP contribution in [-0.2, 0) is 0 Å². The number of allylic oxidation sites excluding steroid dienone is 2. The highest BCUT2D eigenvalue weighted by molar-refractivity contribution is 5.08. The summed E-state index contributed by atoms with van der Waals surface area (Å²) in [6.07, 6.45) is -22.0. The first-order valence-electron chi connectivity index (χ1n) is 4.71. The molecule has 20 heavy (non-hydrogen) atoms. The fourth-order valence-corrected chi connectivity index (χ4v) is 0.929. The van der Waals surface area contributed by atoms with Gasteiger partial charge in [-0.15, -0.1) is 0 Å². The van der Waals surface area contributed by atoms with Gasteiger partial charge in [-0.1, -0.05) is 6.08 Å². The molecule has 0 fully saturated rings. The van der Waals surface area contributed by atoms with Gasteiger partial charge in [0.05, 0.1) is 0 Å². The molecular weight excluding hydrogens is 317 g/mol. The van der Waals surface area contributed by atoms with E-state index >= 15 is 0 Å². The van der Waals surface area contributed by atoms with Crippen molar-refractivity contribution in [3.8, 4) is 0 Å². The third-order valence-electron chi connectivity index (χ3n) is 2.28. The van der Waals surface area contributed by atoms with E-state index in [1.807, 2.05) is 0 Å². The number of hydrogen-bond donors (Lipinski definition) is 0. The molecule has 0 aromatic carbocycles. The monoisotopic (exact) mass is 324 g/mol. The molecule has 0 aromatic heterocycles. The van der Waals surface area contributed by atoms with Gasteiger partial charge in [0, 0.05) is 6.42 Å². The van der Waals surface area contributed by atoms with Gasteiger partial charge in [-0.3, -0.25) is 0 Å². The summed E-state index contributed by atoms with van der Waals surface area (Å²) in [5.74, 6) is 0. The highest BCUT2D eigenvalue weighted by atomic mass is 19.4. The summed E-state index contributed by atoms with van der Waals surface area (Å²) in [5.41, 5.74) is -9.93. The molecule has 0 saturated heterocycles. The van der Waals surface area contributed by atoms with Crippen LogP contribution in [0.4, 0.5) is 48.3 Å². The molecule has 1 unspecified atom stereocenters. The molecule has 0 aliphatic heterocycles. The number of halogens is 11. The Morgan fingerprint density at radius 3 is 1.25 bits per heavy atom. The highest BCUT2D eigenvalue weighted by Crippen LogP contribution is 2.48. The first-order chi connectivity index (χ1) is 8.46. The average molecular weight is 324 g/mol. The Balaban J connectivity index is 5.29. The molecule has 0 radical (unpaired) electrons. The molecule has 120 valence electrons. The van der Waals surface area contributed by atoms with Crippen molar-refractivity contribution in [3.63, 3.8) is 0 Å². The van der Waals surface area contributed by atoms with Crippen molar-refractivity contribution in [3.05, 3.63) is 12.2 Å². The van der Waals surface area contributed by atoms with Crippen LogP contribution in [0.3, 0.4) is 0 Å². The number of rotatable bonds is 3. The summed E-state index contributed by atoms with van der Waals surface area (Å²) in [5, 5.41) is 0. The van der Waals surface area contributed by atoms with Crippen LogP contribution in [0.25, 0.3) is 0 Å². The van der Waals surface area contributed by atoms with Crippen molar-refractivity contribution in [1.29, 1.82) is 0 Å². The van der Waals surface area contributed by atoms with E-state index in [1.54, 1.807) is 0 Å². The van der Waals surface area contributed by atoms with Crippen molar-refractivity contribution in [2.24, 2.45) is 0 Å². The van der Waals surface area contributed by atoms with Crippen LogP contribution < -0.4 is 0 Å². The standard InChI is InChI=1S/C9H7F11/c1-5(10,7(12,13)14)3-2-4-6(11,8(15,16)17)9(18,19)20/h2-3H,4H2,1H3/b3-2+. The number of hydrogen-bond acceptors (Lipinski definition) is 0. The molecule has 1 atom stereocenters. The molecule has 0 N–H and O–H groups in total. The second-order valence-corrected chi connectivity index (χ2v) is 3.98. The lowest BCUT2D eigenvalue weighted by Gasteiger charge is -2.29. The minimum absolute atomic E-state index is 0.134. The summed E-state index contributed by atoms with van der Waals surface area (Å²) < 4.78 is 134. The van der Waals surface area contributed by atoms with Crippen LogP contribution in [-0.4, -0.2) is 29.9 Å². The summed E-state index contributed by atoms with van der Waals surface area (Å²) in [6, 6.07) is 0. The van der Waals surface area contributed by atoms with Gasteiger partial charge in [0.15, 0.2) is 0 Å². The largest absolute Gasteiger partial charge is 0.431 e. The summed E-state index contributed by atoms with van der Waals surface area (Å²) >= 11 is 0. The van der Waals surface area contributed by atoms with Gasteiger partial charge >= 0.3 is 24.2 Å². The van der Waals surface area contributed by atoms with Gasteiger partial charge in [0.25, 0.3) is 0 Å². The van der Waals surface area contributed by atoms with E-state index in [-0.39, 0.29) is 6.92 Å². The third-order valence-corrected chi connectivity index (χ3v) is 2.28. The quantitative estimate of drug-likeness (QED) is 0.503. The minimum atomic E-state index is -6.40. The molecule has 0 aliphatic rings. The summed E-state index contributed by atoms with van der Waals surface area (Å²) in [4.78, 5) is 0. The summed E-state index contributed by atoms with van der Waals surface area (Å²) in [6.45, 7) is -0.134. The van der Waals surface area contributed by atoms with Crippen molar-refractivity contribution in [2.45, 2.75) is 43.2 Å². The van der Waals surface area contributed by atoms with E-state index in [0.29, 0.717) is 0 Å². The van der Waals surface area contributed by atoms with Gasteiger partial charge in [-0.25, -0.2) is 8.78 Å². The number of alkyl halides is 11. The maximum Gasteiger partial charge on any atom is 0.431 e. The van der Waals surface area contributed by atoms with Crippen molar-refractivity contribution >= 4 is 0 Å². The van der Waals surface area contributed by atoms with Crippen LogP contribution in [0.5, 0.6) is 0 Å². The van der Waals surface area contributed by atoms with E-state index in [4.69, 9.17) is 0 Å². The van der Waals surface area contributed by atoms with Gasteiger partial charge in [-0.05, 0) is 13.0 Å². The topological polar surface area (TPSA) is 0 Å². The molecule has 0 aromatic rings. The molecule has 0 rings (SSSR count). The smallest absolute Gasteiger partial charge is 0.230 e.